The number of nitrogens with zero attached hydrogens (tertiary/aromatic N) is 4. The third-order valence-electron chi connectivity index (χ3n) is 5.69. The quantitative estimate of drug-likeness (QED) is 0.729. The van der Waals surface area contributed by atoms with Crippen LogP contribution in [0.3, 0.4) is 0 Å². The van der Waals surface area contributed by atoms with Gasteiger partial charge < -0.3 is 24.1 Å². The lowest BCUT2D eigenvalue weighted by Gasteiger charge is -2.33. The summed E-state index contributed by atoms with van der Waals surface area (Å²) in [6.45, 7) is 3.20. The smallest absolute Gasteiger partial charge is 0.478 e. The van der Waals surface area contributed by atoms with Gasteiger partial charge in [-0.25, -0.2) is 4.98 Å². The van der Waals surface area contributed by atoms with Gasteiger partial charge in [-0.1, -0.05) is 5.10 Å². The van der Waals surface area contributed by atoms with E-state index in [4.69, 9.17) is 9.15 Å². The lowest BCUT2D eigenvalue weighted by molar-refractivity contribution is -0.275. The first-order chi connectivity index (χ1) is 14.7. The molecule has 12 heteroatoms. The van der Waals surface area contributed by atoms with Gasteiger partial charge >= 0.3 is 12.4 Å². The highest BCUT2D eigenvalue weighted by atomic mass is 19.4. The Labute approximate surface area is 175 Å². The molecule has 168 valence electrons. The summed E-state index contributed by atoms with van der Waals surface area (Å²) in [7, 11) is 1.16. The van der Waals surface area contributed by atoms with Gasteiger partial charge in [-0.05, 0) is 50.2 Å². The fraction of sp³-hybridized carbons (Fsp3) is 0.579. The average molecular weight is 441 g/mol. The molecule has 3 heterocycles. The number of pyridine rings is 1. The first kappa shape index (κ1) is 21.2. The third-order valence-corrected chi connectivity index (χ3v) is 5.69. The highest BCUT2D eigenvalue weighted by Gasteiger charge is 2.45. The number of hydrogen-bond acceptors (Lipinski definition) is 8. The number of carbonyl (C=O) groups is 1. The average Bonchev–Trinajstić information content (AvgIpc) is 3.31. The van der Waals surface area contributed by atoms with Gasteiger partial charge in [0.1, 0.15) is 11.7 Å². The van der Waals surface area contributed by atoms with Crippen molar-refractivity contribution in [2.75, 3.05) is 25.5 Å². The van der Waals surface area contributed by atoms with E-state index in [-0.39, 0.29) is 29.4 Å². The van der Waals surface area contributed by atoms with Crippen LogP contribution in [0.15, 0.2) is 16.5 Å². The number of alkyl halides is 3. The lowest BCUT2D eigenvalue weighted by Crippen LogP contribution is -2.45. The molecule has 31 heavy (non-hydrogen) atoms. The molecule has 1 spiro atoms. The fourth-order valence-electron chi connectivity index (χ4n) is 3.68. The van der Waals surface area contributed by atoms with Gasteiger partial charge in [0, 0.05) is 13.1 Å². The Morgan fingerprint density at radius 2 is 1.94 bits per heavy atom. The second-order valence-electron chi connectivity index (χ2n) is 7.86. The molecule has 2 aromatic rings. The summed E-state index contributed by atoms with van der Waals surface area (Å²) in [5.41, 5.74) is 0.570. The number of aromatic nitrogens is 3. The van der Waals surface area contributed by atoms with Crippen LogP contribution in [0, 0.1) is 5.41 Å². The fourth-order valence-corrected chi connectivity index (χ4v) is 3.68. The highest BCUT2D eigenvalue weighted by molar-refractivity contribution is 5.83. The minimum Gasteiger partial charge on any atom is -0.478 e. The number of nitrogens with one attached hydrogen (secondary N) is 1. The van der Waals surface area contributed by atoms with Crippen molar-refractivity contribution in [3.63, 3.8) is 0 Å². The Balaban J connectivity index is 1.40. The molecule has 1 atom stereocenters. The van der Waals surface area contributed by atoms with Crippen LogP contribution < -0.4 is 14.8 Å². The van der Waals surface area contributed by atoms with Gasteiger partial charge in [0.25, 0.3) is 11.8 Å². The highest BCUT2D eigenvalue weighted by Crippen LogP contribution is 2.53. The molecule has 1 N–H and O–H groups in total. The van der Waals surface area contributed by atoms with Crippen molar-refractivity contribution in [3.8, 4) is 23.2 Å². The van der Waals surface area contributed by atoms with Crippen LogP contribution in [0.1, 0.15) is 32.6 Å². The summed E-state index contributed by atoms with van der Waals surface area (Å²) >= 11 is 0. The summed E-state index contributed by atoms with van der Waals surface area (Å²) in [5, 5.41) is 10.5. The zero-order chi connectivity index (χ0) is 22.2. The summed E-state index contributed by atoms with van der Waals surface area (Å²) in [4.78, 5) is 18.4. The zero-order valence-electron chi connectivity index (χ0n) is 17.0. The molecule has 0 bridgehead atoms. The Morgan fingerprint density at radius 1 is 1.23 bits per heavy atom. The predicted octanol–water partition coefficient (Wildman–Crippen LogP) is 3.24. The number of rotatable bonds is 6. The second-order valence-corrected chi connectivity index (χ2v) is 7.86. The molecule has 2 aliphatic rings. The van der Waals surface area contributed by atoms with Crippen molar-refractivity contribution < 1.29 is 31.9 Å². The predicted molar refractivity (Wildman–Crippen MR) is 101 cm³/mol. The van der Waals surface area contributed by atoms with Gasteiger partial charge in [0.2, 0.25) is 5.91 Å². The molecule has 4 rings (SSSR count). The summed E-state index contributed by atoms with van der Waals surface area (Å²) in [6.07, 6.45) is -0.283. The maximum absolute atomic E-state index is 12.7. The summed E-state index contributed by atoms with van der Waals surface area (Å²) in [6, 6.07) is 1.70. The van der Waals surface area contributed by atoms with E-state index in [1.165, 1.54) is 18.9 Å². The number of piperidine rings is 1. The monoisotopic (exact) mass is 441 g/mol. The van der Waals surface area contributed by atoms with Crippen LogP contribution in [0.4, 0.5) is 19.2 Å². The normalized spacial score (nSPS) is 18.5. The summed E-state index contributed by atoms with van der Waals surface area (Å²) in [5.74, 6) is -1.08. The van der Waals surface area contributed by atoms with E-state index in [0.717, 1.165) is 39.1 Å². The van der Waals surface area contributed by atoms with E-state index in [9.17, 15) is 18.0 Å². The Hall–Kier alpha value is -3.05. The van der Waals surface area contributed by atoms with Crippen LogP contribution in [0.2, 0.25) is 0 Å². The molecule has 0 aromatic carbocycles. The van der Waals surface area contributed by atoms with Crippen LogP contribution in [-0.2, 0) is 4.79 Å². The van der Waals surface area contributed by atoms with E-state index >= 15 is 0 Å². The lowest BCUT2D eigenvalue weighted by atomic mass is 9.93. The van der Waals surface area contributed by atoms with Crippen molar-refractivity contribution >= 4 is 11.9 Å². The molecule has 0 radical (unpaired) electrons. The Morgan fingerprint density at radius 3 is 2.55 bits per heavy atom. The third kappa shape index (κ3) is 4.83. The zero-order valence-corrected chi connectivity index (χ0v) is 17.0. The Kier molecular flexibility index (Phi) is 5.40. The number of ether oxygens (including phenoxy) is 2. The van der Waals surface area contributed by atoms with Crippen molar-refractivity contribution in [2.24, 2.45) is 5.41 Å². The first-order valence-corrected chi connectivity index (χ1v) is 9.88. The number of anilines is 1. The molecule has 2 aromatic heterocycles. The van der Waals surface area contributed by atoms with E-state index in [1.807, 2.05) is 4.90 Å². The maximum Gasteiger partial charge on any atom is 0.573 e. The standard InChI is InChI=1S/C19H22F3N5O4/c1-11(16(28)27-9-7-18(5-6-18)8-10-27)23-17-26-25-14(30-17)12-3-4-13(15(24-12)29-2)31-19(20,21)22/h3-4,11H,5-10H2,1-2H3,(H,23,26)/t11-/m1/s1. The topological polar surface area (TPSA) is 103 Å². The van der Waals surface area contributed by atoms with E-state index in [1.54, 1.807) is 6.92 Å². The number of likely N-dealkylation sites (tertiary alicyclic amines) is 1. The molecular weight excluding hydrogens is 419 g/mol. The van der Waals surface area contributed by atoms with Crippen molar-refractivity contribution in [2.45, 2.75) is 45.0 Å². The van der Waals surface area contributed by atoms with Crippen molar-refractivity contribution in [3.05, 3.63) is 12.1 Å². The number of methoxy groups -OCH3 is 1. The van der Waals surface area contributed by atoms with Crippen LogP contribution in [-0.4, -0.2) is 58.6 Å². The maximum atomic E-state index is 12.7. The number of carbonyl (C=O) groups excluding carboxylic acids is 1. The van der Waals surface area contributed by atoms with Crippen LogP contribution in [0.25, 0.3) is 11.6 Å². The Bertz CT molecular complexity index is 950. The molecule has 1 saturated heterocycles. The largest absolute Gasteiger partial charge is 0.573 e. The molecule has 0 unspecified atom stereocenters. The van der Waals surface area contributed by atoms with E-state index in [0.29, 0.717) is 5.41 Å². The van der Waals surface area contributed by atoms with E-state index < -0.39 is 18.2 Å². The van der Waals surface area contributed by atoms with Gasteiger partial charge in [-0.2, -0.15) is 0 Å². The van der Waals surface area contributed by atoms with Gasteiger partial charge in [0.05, 0.1) is 7.11 Å². The SMILES string of the molecule is COc1nc(-c2nnc(N[C@H](C)C(=O)N3CCC4(CC3)CC4)o2)ccc1OC(F)(F)F. The van der Waals surface area contributed by atoms with Crippen LogP contribution in [0.5, 0.6) is 11.6 Å². The van der Waals surface area contributed by atoms with Gasteiger partial charge in [-0.15, -0.1) is 18.3 Å². The number of halogens is 3. The number of amides is 1. The minimum atomic E-state index is -4.88. The molecule has 1 aliphatic carbocycles. The molecule has 9 nitrogen and oxygen atoms in total. The van der Waals surface area contributed by atoms with Crippen molar-refractivity contribution in [1.82, 2.24) is 20.1 Å². The van der Waals surface area contributed by atoms with Crippen LogP contribution >= 0.6 is 0 Å². The van der Waals surface area contributed by atoms with Crippen molar-refractivity contribution in [1.29, 1.82) is 0 Å². The van der Waals surface area contributed by atoms with E-state index in [2.05, 4.69) is 25.2 Å². The molecule has 1 aliphatic heterocycles. The van der Waals surface area contributed by atoms with Gasteiger partial charge in [0.15, 0.2) is 5.75 Å². The molecular formula is C19H22F3N5O4. The summed E-state index contributed by atoms with van der Waals surface area (Å²) < 4.78 is 51.6. The molecule has 1 amide bonds. The minimum absolute atomic E-state index is 0.00269. The molecule has 1 saturated carbocycles. The first-order valence-electron chi connectivity index (χ1n) is 9.88. The second kappa shape index (κ2) is 7.89. The number of hydrogen-bond donors (Lipinski definition) is 1. The molecule has 2 fully saturated rings. The van der Waals surface area contributed by atoms with Gasteiger partial charge in [-0.3, -0.25) is 4.79 Å².